The highest BCUT2D eigenvalue weighted by molar-refractivity contribution is 7.91. The highest BCUT2D eigenvalue weighted by atomic mass is 35.5. The average Bonchev–Trinajstić information content (AvgIpc) is 3.20. The Morgan fingerprint density at radius 1 is 1.24 bits per heavy atom. The number of aromatic carboxylic acids is 1. The van der Waals surface area contributed by atoms with Gasteiger partial charge in [-0.1, -0.05) is 35.6 Å². The summed E-state index contributed by atoms with van der Waals surface area (Å²) in [6.07, 6.45) is -3.81. The van der Waals surface area contributed by atoms with Crippen LogP contribution in [-0.4, -0.2) is 61.0 Å². The molecule has 3 rings (SSSR count). The molecule has 3 aromatic rings. The van der Waals surface area contributed by atoms with Gasteiger partial charge in [0.05, 0.1) is 12.3 Å². The van der Waals surface area contributed by atoms with Gasteiger partial charge in [0, 0.05) is 22.4 Å². The van der Waals surface area contributed by atoms with Crippen molar-refractivity contribution < 1.29 is 40.6 Å². The SMILES string of the molecule is CS(=O)(=O)c1c(C(=O)O)nn(-c2ccc(C#CCOCC(N)C(F)(F)F)cc2F)c1-c1ccc(Cl)cc1. The monoisotopic (exact) mass is 559 g/mol. The first-order valence-electron chi connectivity index (χ1n) is 10.2. The second kappa shape index (κ2) is 10.9. The Hall–Kier alpha value is -3.44. The molecule has 1 unspecified atom stereocenters. The van der Waals surface area contributed by atoms with Crippen molar-refractivity contribution in [3.63, 3.8) is 0 Å². The van der Waals surface area contributed by atoms with Gasteiger partial charge in [0.25, 0.3) is 0 Å². The molecule has 0 aliphatic rings. The molecule has 1 heterocycles. The Morgan fingerprint density at radius 3 is 2.43 bits per heavy atom. The summed E-state index contributed by atoms with van der Waals surface area (Å²) in [5.74, 6) is 2.38. The van der Waals surface area contributed by atoms with Crippen LogP contribution in [0.25, 0.3) is 16.9 Å². The van der Waals surface area contributed by atoms with Crippen LogP contribution >= 0.6 is 11.6 Å². The number of nitrogens with two attached hydrogens (primary N) is 1. The van der Waals surface area contributed by atoms with Crippen LogP contribution in [0.3, 0.4) is 0 Å². The normalized spacial score (nSPS) is 12.6. The molecular weight excluding hydrogens is 542 g/mol. The van der Waals surface area contributed by atoms with Gasteiger partial charge in [-0.15, -0.1) is 0 Å². The molecule has 0 radical (unpaired) electrons. The largest absolute Gasteiger partial charge is 0.476 e. The number of benzene rings is 2. The van der Waals surface area contributed by atoms with Crippen molar-refractivity contribution in [2.75, 3.05) is 19.5 Å². The average molecular weight is 560 g/mol. The van der Waals surface area contributed by atoms with Crippen LogP contribution in [0, 0.1) is 17.7 Å². The summed E-state index contributed by atoms with van der Waals surface area (Å²) in [5.41, 5.74) is 3.98. The van der Waals surface area contributed by atoms with Gasteiger partial charge < -0.3 is 15.6 Å². The van der Waals surface area contributed by atoms with E-state index in [1.165, 1.54) is 36.4 Å². The van der Waals surface area contributed by atoms with Crippen LogP contribution < -0.4 is 5.73 Å². The lowest BCUT2D eigenvalue weighted by Gasteiger charge is -2.14. The first-order chi connectivity index (χ1) is 17.2. The Kier molecular flexibility index (Phi) is 8.28. The fourth-order valence-corrected chi connectivity index (χ4v) is 4.32. The molecule has 0 amide bonds. The maximum atomic E-state index is 15.1. The molecule has 1 aromatic heterocycles. The second-order valence-corrected chi connectivity index (χ2v) is 10.0. The van der Waals surface area contributed by atoms with Gasteiger partial charge in [-0.3, -0.25) is 0 Å². The Morgan fingerprint density at radius 2 is 1.89 bits per heavy atom. The molecule has 0 fully saturated rings. The molecule has 2 aromatic carbocycles. The number of carbonyl (C=O) groups is 1. The molecular formula is C23H18ClF4N3O5S. The van der Waals surface area contributed by atoms with E-state index in [0.29, 0.717) is 5.02 Å². The molecule has 0 spiro atoms. The minimum Gasteiger partial charge on any atom is -0.476 e. The van der Waals surface area contributed by atoms with Crippen molar-refractivity contribution in [1.82, 2.24) is 9.78 Å². The first-order valence-corrected chi connectivity index (χ1v) is 12.5. The zero-order valence-electron chi connectivity index (χ0n) is 18.9. The third kappa shape index (κ3) is 6.66. The number of ether oxygens (including phenoxy) is 1. The Bertz CT molecular complexity index is 1490. The summed E-state index contributed by atoms with van der Waals surface area (Å²) < 4.78 is 82.9. The van der Waals surface area contributed by atoms with E-state index >= 15 is 4.39 Å². The Labute approximate surface area is 213 Å². The quantitative estimate of drug-likeness (QED) is 0.257. The van der Waals surface area contributed by atoms with Crippen LogP contribution in [0.5, 0.6) is 0 Å². The standard InChI is InChI=1S/C23H18ClF4N3O5S/c1-37(34,35)21-19(22(32)33)30-31(20(21)14-5-7-15(24)8-6-14)17-9-4-13(11-16(17)25)3-2-10-36-12-18(29)23(26,27)28/h4-9,11,18H,10,12,29H2,1H3,(H,32,33). The second-order valence-electron chi connectivity index (χ2n) is 7.65. The number of carboxylic acids is 1. The van der Waals surface area contributed by atoms with Crippen LogP contribution in [0.4, 0.5) is 17.6 Å². The smallest absolute Gasteiger partial charge is 0.405 e. The summed E-state index contributed by atoms with van der Waals surface area (Å²) >= 11 is 5.91. The highest BCUT2D eigenvalue weighted by Gasteiger charge is 2.36. The maximum Gasteiger partial charge on any atom is 0.405 e. The fourth-order valence-electron chi connectivity index (χ4n) is 3.16. The van der Waals surface area contributed by atoms with E-state index in [0.717, 1.165) is 17.0 Å². The molecule has 0 aliphatic carbocycles. The van der Waals surface area contributed by atoms with Gasteiger partial charge >= 0.3 is 12.1 Å². The predicted molar refractivity (Wildman–Crippen MR) is 126 cm³/mol. The van der Waals surface area contributed by atoms with Crippen molar-refractivity contribution in [1.29, 1.82) is 0 Å². The molecule has 8 nitrogen and oxygen atoms in total. The van der Waals surface area contributed by atoms with Crippen LogP contribution in [0.2, 0.25) is 5.02 Å². The van der Waals surface area contributed by atoms with E-state index < -0.39 is 57.6 Å². The molecule has 14 heteroatoms. The minimum atomic E-state index is -4.61. The number of rotatable bonds is 7. The number of hydrogen-bond donors (Lipinski definition) is 2. The number of aromatic nitrogens is 2. The zero-order chi connectivity index (χ0) is 27.5. The van der Waals surface area contributed by atoms with Crippen molar-refractivity contribution in [3.8, 4) is 28.8 Å². The predicted octanol–water partition coefficient (Wildman–Crippen LogP) is 3.69. The van der Waals surface area contributed by atoms with Crippen LogP contribution in [-0.2, 0) is 14.6 Å². The Balaban J connectivity index is 2.01. The lowest BCUT2D eigenvalue weighted by atomic mass is 10.1. The number of alkyl halides is 3. The third-order valence-corrected chi connectivity index (χ3v) is 6.21. The van der Waals surface area contributed by atoms with E-state index in [-0.39, 0.29) is 22.5 Å². The van der Waals surface area contributed by atoms with E-state index in [1.807, 2.05) is 0 Å². The van der Waals surface area contributed by atoms with Gasteiger partial charge in [-0.05, 0) is 30.3 Å². The van der Waals surface area contributed by atoms with E-state index in [9.17, 15) is 31.5 Å². The lowest BCUT2D eigenvalue weighted by molar-refractivity contribution is -0.158. The molecule has 0 saturated carbocycles. The lowest BCUT2D eigenvalue weighted by Crippen LogP contribution is -2.41. The minimum absolute atomic E-state index is 0.118. The van der Waals surface area contributed by atoms with E-state index in [4.69, 9.17) is 22.1 Å². The van der Waals surface area contributed by atoms with Gasteiger partial charge in [0.2, 0.25) is 0 Å². The van der Waals surface area contributed by atoms with Gasteiger partial charge in [0.1, 0.15) is 29.0 Å². The summed E-state index contributed by atoms with van der Waals surface area (Å²) in [7, 11) is -4.14. The van der Waals surface area contributed by atoms with Crippen molar-refractivity contribution in [3.05, 3.63) is 64.6 Å². The van der Waals surface area contributed by atoms with Crippen LogP contribution in [0.15, 0.2) is 47.4 Å². The summed E-state index contributed by atoms with van der Waals surface area (Å²) in [5, 5.41) is 13.8. The summed E-state index contributed by atoms with van der Waals surface area (Å²) in [6, 6.07) is 7.08. The molecule has 37 heavy (non-hydrogen) atoms. The third-order valence-electron chi connectivity index (χ3n) is 4.83. The number of hydrogen-bond acceptors (Lipinski definition) is 6. The first kappa shape index (κ1) is 28.1. The highest BCUT2D eigenvalue weighted by Crippen LogP contribution is 2.34. The van der Waals surface area contributed by atoms with Gasteiger partial charge in [0.15, 0.2) is 15.5 Å². The molecule has 3 N–H and O–H groups in total. The maximum absolute atomic E-state index is 15.1. The molecule has 1 atom stereocenters. The molecule has 0 saturated heterocycles. The van der Waals surface area contributed by atoms with E-state index in [2.05, 4.69) is 16.9 Å². The number of carboxylic acid groups (broad SMARTS) is 1. The van der Waals surface area contributed by atoms with Crippen molar-refractivity contribution in [2.45, 2.75) is 17.1 Å². The molecule has 196 valence electrons. The topological polar surface area (TPSA) is 125 Å². The zero-order valence-corrected chi connectivity index (χ0v) is 20.5. The number of sulfone groups is 1. The number of nitrogens with zero attached hydrogens (tertiary/aromatic N) is 2. The van der Waals surface area contributed by atoms with Crippen molar-refractivity contribution >= 4 is 27.4 Å². The number of halogens is 5. The summed E-state index contributed by atoms with van der Waals surface area (Å²) in [6.45, 7) is -1.19. The summed E-state index contributed by atoms with van der Waals surface area (Å²) in [4.78, 5) is 11.2. The van der Waals surface area contributed by atoms with Crippen LogP contribution in [0.1, 0.15) is 16.1 Å². The molecule has 0 bridgehead atoms. The van der Waals surface area contributed by atoms with Crippen molar-refractivity contribution in [2.24, 2.45) is 5.73 Å². The van der Waals surface area contributed by atoms with Gasteiger partial charge in [-0.25, -0.2) is 22.3 Å². The fraction of sp³-hybridized carbons (Fsp3) is 0.217. The van der Waals surface area contributed by atoms with Gasteiger partial charge in [-0.2, -0.15) is 18.3 Å². The van der Waals surface area contributed by atoms with E-state index in [1.54, 1.807) is 0 Å². The molecule has 0 aliphatic heterocycles.